The van der Waals surface area contributed by atoms with Gasteiger partial charge in [-0.05, 0) is 36.5 Å². The topological polar surface area (TPSA) is 0 Å². The van der Waals surface area contributed by atoms with Crippen molar-refractivity contribution in [3.63, 3.8) is 0 Å². The number of rotatable bonds is 1. The average molecular weight is 198 g/mol. The van der Waals surface area contributed by atoms with Crippen LogP contribution in [0.2, 0.25) is 0 Å². The maximum atomic E-state index is 4.67. The Hall–Kier alpha value is -0.0400. The van der Waals surface area contributed by atoms with Crippen LogP contribution in [0.1, 0.15) is 27.2 Å². The Balaban J connectivity index is 2.37. The van der Waals surface area contributed by atoms with E-state index in [2.05, 4.69) is 32.7 Å². The molecule has 1 heteroatoms. The second-order valence-electron chi connectivity index (χ2n) is 5.19. The first-order chi connectivity index (χ1) is 5.98. The molecule has 0 amide bonds. The van der Waals surface area contributed by atoms with Crippen LogP contribution in [0.5, 0.6) is 0 Å². The van der Waals surface area contributed by atoms with Crippen LogP contribution in [-0.4, -0.2) is 28.4 Å². The van der Waals surface area contributed by atoms with E-state index in [0.29, 0.717) is 0 Å². The Morgan fingerprint density at radius 2 is 2.15 bits per heavy atom. The predicted octanol–water partition coefficient (Wildman–Crippen LogP) is 3.15. The zero-order chi connectivity index (χ0) is 9.71. The Bertz CT molecular complexity index is 314. The Morgan fingerprint density at radius 3 is 2.62 bits per heavy atom. The maximum Gasteiger partial charge on any atom is 0.00358 e. The summed E-state index contributed by atoms with van der Waals surface area (Å²) in [6.45, 7) is 7.05. The van der Waals surface area contributed by atoms with E-state index in [4.69, 9.17) is 0 Å². The Kier molecular flexibility index (Phi) is 1.83. The number of hydrogen-bond acceptors (Lipinski definition) is 0. The maximum absolute atomic E-state index is 4.67. The van der Waals surface area contributed by atoms with E-state index in [-0.39, 0.29) is 0 Å². The fourth-order valence-electron chi connectivity index (χ4n) is 2.73. The van der Waals surface area contributed by atoms with Gasteiger partial charge in [0.15, 0.2) is 0 Å². The molecule has 0 nitrogen and oxygen atoms in total. The van der Waals surface area contributed by atoms with Crippen molar-refractivity contribution in [2.75, 3.05) is 17.3 Å². The standard InChI is InChI=1S/C12H22S/c1-5-12-8-10(2)11(3)13(4,9-12)6-7-13/h8,11-12H,4-7,9H2,1-3H3. The third kappa shape index (κ3) is 1.24. The highest BCUT2D eigenvalue weighted by molar-refractivity contribution is 8.52. The SMILES string of the molecule is C=S12(CC1)CC(CC)C=C(C)C2C. The lowest BCUT2D eigenvalue weighted by molar-refractivity contribution is 0.687. The van der Waals surface area contributed by atoms with E-state index < -0.39 is 8.75 Å². The second-order valence-corrected chi connectivity index (χ2v) is 10.8. The van der Waals surface area contributed by atoms with Crippen molar-refractivity contribution in [2.45, 2.75) is 32.4 Å². The quantitative estimate of drug-likeness (QED) is 0.345. The summed E-state index contributed by atoms with van der Waals surface area (Å²) in [4.78, 5) is 0. The smallest absolute Gasteiger partial charge is 0.00358 e. The first kappa shape index (κ1) is 9.51. The minimum Gasteiger partial charge on any atom is -0.243 e. The normalized spacial score (nSPS) is 43.3. The van der Waals surface area contributed by atoms with Gasteiger partial charge < -0.3 is 0 Å². The van der Waals surface area contributed by atoms with E-state index >= 15 is 0 Å². The number of hydrogen-bond donors (Lipinski definition) is 0. The van der Waals surface area contributed by atoms with Gasteiger partial charge in [-0.25, -0.2) is 8.75 Å². The first-order valence-corrected chi connectivity index (χ1v) is 8.18. The first-order valence-electron chi connectivity index (χ1n) is 5.40. The van der Waals surface area contributed by atoms with Gasteiger partial charge >= 0.3 is 0 Å². The summed E-state index contributed by atoms with van der Waals surface area (Å²) in [5.74, 6) is 9.87. The van der Waals surface area contributed by atoms with Gasteiger partial charge in [-0.15, -0.1) is 0 Å². The highest BCUT2D eigenvalue weighted by Crippen LogP contribution is 2.76. The lowest BCUT2D eigenvalue weighted by Gasteiger charge is -2.43. The van der Waals surface area contributed by atoms with Gasteiger partial charge in [-0.2, -0.15) is 0 Å². The summed E-state index contributed by atoms with van der Waals surface area (Å²) in [5, 5.41) is 0.819. The molecule has 13 heavy (non-hydrogen) atoms. The van der Waals surface area contributed by atoms with Crippen molar-refractivity contribution in [3.8, 4) is 0 Å². The predicted molar refractivity (Wildman–Crippen MR) is 66.3 cm³/mol. The minimum atomic E-state index is -1.13. The van der Waals surface area contributed by atoms with Crippen molar-refractivity contribution in [1.29, 1.82) is 0 Å². The van der Waals surface area contributed by atoms with Crippen molar-refractivity contribution < 1.29 is 0 Å². The van der Waals surface area contributed by atoms with E-state index in [1.165, 1.54) is 23.7 Å². The van der Waals surface area contributed by atoms with Gasteiger partial charge in [0.25, 0.3) is 0 Å². The van der Waals surface area contributed by atoms with Crippen LogP contribution in [0, 0.1) is 5.92 Å². The van der Waals surface area contributed by atoms with Crippen molar-refractivity contribution in [1.82, 2.24) is 0 Å². The lowest BCUT2D eigenvalue weighted by Crippen LogP contribution is -2.24. The van der Waals surface area contributed by atoms with Crippen LogP contribution in [0.15, 0.2) is 11.6 Å². The molecule has 2 aliphatic rings. The Morgan fingerprint density at radius 1 is 1.54 bits per heavy atom. The highest BCUT2D eigenvalue weighted by atomic mass is 32.3. The molecule has 2 atom stereocenters. The average Bonchev–Trinajstić information content (AvgIpc) is 2.77. The molecule has 2 rings (SSSR count). The number of allylic oxidation sites excluding steroid dienone is 1. The molecule has 1 saturated heterocycles. The molecule has 2 aliphatic heterocycles. The fraction of sp³-hybridized carbons (Fsp3) is 0.750. The highest BCUT2D eigenvalue weighted by Gasteiger charge is 2.50. The third-order valence-corrected chi connectivity index (χ3v) is 10.1. The zero-order valence-electron chi connectivity index (χ0n) is 9.18. The van der Waals surface area contributed by atoms with Crippen LogP contribution < -0.4 is 0 Å². The van der Waals surface area contributed by atoms with Gasteiger partial charge in [0, 0.05) is 5.25 Å². The van der Waals surface area contributed by atoms with Gasteiger partial charge in [0.2, 0.25) is 0 Å². The molecular weight excluding hydrogens is 176 g/mol. The molecule has 76 valence electrons. The van der Waals surface area contributed by atoms with Crippen molar-refractivity contribution >= 4 is 14.6 Å². The van der Waals surface area contributed by atoms with E-state index in [9.17, 15) is 0 Å². The molecule has 1 fully saturated rings. The van der Waals surface area contributed by atoms with Gasteiger partial charge in [0.05, 0.1) is 0 Å². The van der Waals surface area contributed by atoms with Gasteiger partial charge in [-0.3, -0.25) is 0 Å². The largest absolute Gasteiger partial charge is 0.243 e. The summed E-state index contributed by atoms with van der Waals surface area (Å²) in [5.41, 5.74) is 1.63. The summed E-state index contributed by atoms with van der Waals surface area (Å²) in [7, 11) is -1.13. The molecule has 0 aliphatic carbocycles. The van der Waals surface area contributed by atoms with Crippen LogP contribution in [0.25, 0.3) is 0 Å². The van der Waals surface area contributed by atoms with Crippen LogP contribution in [0.3, 0.4) is 0 Å². The fourth-order valence-corrected chi connectivity index (χ4v) is 8.00. The van der Waals surface area contributed by atoms with Crippen LogP contribution >= 0.6 is 8.75 Å². The lowest BCUT2D eigenvalue weighted by atomic mass is 10.0. The third-order valence-electron chi connectivity index (χ3n) is 4.35. The van der Waals surface area contributed by atoms with Crippen LogP contribution in [0.4, 0.5) is 0 Å². The monoisotopic (exact) mass is 198 g/mol. The summed E-state index contributed by atoms with van der Waals surface area (Å²) in [6.07, 6.45) is 3.83. The second kappa shape index (κ2) is 2.50. The van der Waals surface area contributed by atoms with Crippen LogP contribution in [-0.2, 0) is 0 Å². The van der Waals surface area contributed by atoms with E-state index in [1.54, 1.807) is 5.57 Å². The molecule has 1 spiro atoms. The Labute approximate surface area is 82.3 Å². The molecule has 0 radical (unpaired) electrons. The summed E-state index contributed by atoms with van der Waals surface area (Å²) >= 11 is 0. The van der Waals surface area contributed by atoms with E-state index in [1.807, 2.05) is 0 Å². The van der Waals surface area contributed by atoms with Crippen molar-refractivity contribution in [2.24, 2.45) is 5.92 Å². The zero-order valence-corrected chi connectivity index (χ0v) is 9.99. The summed E-state index contributed by atoms with van der Waals surface area (Å²) in [6, 6.07) is 0. The van der Waals surface area contributed by atoms with Gasteiger partial charge in [0.1, 0.15) is 0 Å². The molecule has 0 N–H and O–H groups in total. The molecule has 0 aromatic rings. The molecule has 2 unspecified atom stereocenters. The van der Waals surface area contributed by atoms with Gasteiger partial charge in [-0.1, -0.05) is 31.4 Å². The molecular formula is C12H22S. The molecule has 2 heterocycles. The van der Waals surface area contributed by atoms with Crippen molar-refractivity contribution in [3.05, 3.63) is 11.6 Å². The molecule has 0 aromatic carbocycles. The minimum absolute atomic E-state index is 0.819. The summed E-state index contributed by atoms with van der Waals surface area (Å²) < 4.78 is 0. The molecule has 0 bridgehead atoms. The molecule has 0 saturated carbocycles. The van der Waals surface area contributed by atoms with E-state index in [0.717, 1.165) is 11.2 Å². The molecule has 0 aromatic heterocycles.